The Morgan fingerprint density at radius 2 is 2.00 bits per heavy atom. The fraction of sp³-hybridized carbons (Fsp3) is 0.526. The molecule has 1 saturated carbocycles. The summed E-state index contributed by atoms with van der Waals surface area (Å²) in [5.74, 6) is 0.492. The van der Waals surface area contributed by atoms with Crippen LogP contribution in [0.1, 0.15) is 31.2 Å². The Labute approximate surface area is 147 Å². The fourth-order valence-corrected chi connectivity index (χ4v) is 3.72. The molecule has 0 unspecified atom stereocenters. The molecule has 1 saturated heterocycles. The van der Waals surface area contributed by atoms with E-state index in [2.05, 4.69) is 5.32 Å². The highest BCUT2D eigenvalue weighted by Crippen LogP contribution is 2.33. The predicted molar refractivity (Wildman–Crippen MR) is 94.2 cm³/mol. The SMILES string of the molecule is CN1C(=O)CCc2cc(NC(=O)[C@H]3CC(=O)N(CC4CC4)C3)ccc21. The third-order valence-corrected chi connectivity index (χ3v) is 5.45. The van der Waals surface area contributed by atoms with Crippen molar-refractivity contribution >= 4 is 29.1 Å². The van der Waals surface area contributed by atoms with E-state index in [0.717, 1.165) is 23.5 Å². The van der Waals surface area contributed by atoms with Crippen LogP contribution < -0.4 is 10.2 Å². The van der Waals surface area contributed by atoms with Crippen molar-refractivity contribution in [2.75, 3.05) is 30.4 Å². The summed E-state index contributed by atoms with van der Waals surface area (Å²) in [6, 6.07) is 5.64. The number of hydrogen-bond acceptors (Lipinski definition) is 3. The molecule has 2 fully saturated rings. The number of aryl methyl sites for hydroxylation is 1. The number of hydrogen-bond donors (Lipinski definition) is 1. The normalized spacial score (nSPS) is 23.0. The zero-order chi connectivity index (χ0) is 17.6. The second-order valence-corrected chi connectivity index (χ2v) is 7.43. The van der Waals surface area contributed by atoms with Gasteiger partial charge in [-0.25, -0.2) is 0 Å². The van der Waals surface area contributed by atoms with Crippen molar-refractivity contribution in [3.63, 3.8) is 0 Å². The third kappa shape index (κ3) is 3.25. The molecular formula is C19H23N3O3. The van der Waals surface area contributed by atoms with Gasteiger partial charge in [-0.3, -0.25) is 14.4 Å². The molecular weight excluding hydrogens is 318 g/mol. The highest BCUT2D eigenvalue weighted by atomic mass is 16.2. The number of rotatable bonds is 4. The quantitative estimate of drug-likeness (QED) is 0.908. The second kappa shape index (κ2) is 6.17. The van der Waals surface area contributed by atoms with Gasteiger partial charge in [-0.1, -0.05) is 0 Å². The van der Waals surface area contributed by atoms with E-state index in [-0.39, 0.29) is 23.6 Å². The maximum Gasteiger partial charge on any atom is 0.229 e. The van der Waals surface area contributed by atoms with E-state index in [0.29, 0.717) is 31.7 Å². The van der Waals surface area contributed by atoms with E-state index in [1.54, 1.807) is 11.9 Å². The van der Waals surface area contributed by atoms with Crippen LogP contribution in [0.15, 0.2) is 18.2 Å². The van der Waals surface area contributed by atoms with Gasteiger partial charge in [-0.05, 0) is 48.9 Å². The van der Waals surface area contributed by atoms with Crippen molar-refractivity contribution in [3.8, 4) is 0 Å². The lowest BCUT2D eigenvalue weighted by Gasteiger charge is -2.26. The first-order valence-corrected chi connectivity index (χ1v) is 8.99. The van der Waals surface area contributed by atoms with E-state index < -0.39 is 0 Å². The van der Waals surface area contributed by atoms with Crippen molar-refractivity contribution in [1.82, 2.24) is 4.90 Å². The molecule has 1 atom stereocenters. The number of fused-ring (bicyclic) bond motifs is 1. The van der Waals surface area contributed by atoms with Crippen LogP contribution >= 0.6 is 0 Å². The number of nitrogens with one attached hydrogen (secondary N) is 1. The Hall–Kier alpha value is -2.37. The molecule has 6 nitrogen and oxygen atoms in total. The van der Waals surface area contributed by atoms with Gasteiger partial charge in [0.25, 0.3) is 0 Å². The largest absolute Gasteiger partial charge is 0.342 e. The highest BCUT2D eigenvalue weighted by Gasteiger charge is 2.37. The van der Waals surface area contributed by atoms with E-state index >= 15 is 0 Å². The van der Waals surface area contributed by atoms with Crippen molar-refractivity contribution in [3.05, 3.63) is 23.8 Å². The molecule has 0 aromatic heterocycles. The molecule has 1 aliphatic carbocycles. The molecule has 25 heavy (non-hydrogen) atoms. The van der Waals surface area contributed by atoms with Crippen molar-refractivity contribution in [2.45, 2.75) is 32.1 Å². The lowest BCUT2D eigenvalue weighted by Crippen LogP contribution is -2.31. The van der Waals surface area contributed by atoms with Crippen LogP contribution in [0.4, 0.5) is 11.4 Å². The number of likely N-dealkylation sites (tertiary alicyclic amines) is 1. The van der Waals surface area contributed by atoms with Gasteiger partial charge in [0.1, 0.15) is 0 Å². The zero-order valence-electron chi connectivity index (χ0n) is 14.5. The first-order valence-electron chi connectivity index (χ1n) is 8.99. The second-order valence-electron chi connectivity index (χ2n) is 7.43. The molecule has 6 heteroatoms. The summed E-state index contributed by atoms with van der Waals surface area (Å²) in [4.78, 5) is 39.9. The first-order chi connectivity index (χ1) is 12.0. The Bertz CT molecular complexity index is 741. The molecule has 1 N–H and O–H groups in total. The van der Waals surface area contributed by atoms with Gasteiger partial charge in [0.05, 0.1) is 5.92 Å². The smallest absolute Gasteiger partial charge is 0.229 e. The van der Waals surface area contributed by atoms with Crippen LogP contribution in [0.5, 0.6) is 0 Å². The van der Waals surface area contributed by atoms with Crippen molar-refractivity contribution in [1.29, 1.82) is 0 Å². The Kier molecular flexibility index (Phi) is 3.98. The van der Waals surface area contributed by atoms with Crippen molar-refractivity contribution in [2.24, 2.45) is 11.8 Å². The predicted octanol–water partition coefficient (Wildman–Crippen LogP) is 1.79. The van der Waals surface area contributed by atoms with E-state index in [4.69, 9.17) is 0 Å². The number of anilines is 2. The first kappa shape index (κ1) is 16.1. The third-order valence-electron chi connectivity index (χ3n) is 5.45. The summed E-state index contributed by atoms with van der Waals surface area (Å²) < 4.78 is 0. The number of carbonyl (C=O) groups excluding carboxylic acids is 3. The number of benzene rings is 1. The minimum atomic E-state index is -0.272. The fourth-order valence-electron chi connectivity index (χ4n) is 3.72. The molecule has 2 heterocycles. The van der Waals surface area contributed by atoms with Gasteiger partial charge in [0.15, 0.2) is 0 Å². The summed E-state index contributed by atoms with van der Waals surface area (Å²) in [6.45, 7) is 1.34. The van der Waals surface area contributed by atoms with Crippen LogP contribution in [0.3, 0.4) is 0 Å². The molecule has 4 rings (SSSR count). The van der Waals surface area contributed by atoms with E-state index in [9.17, 15) is 14.4 Å². The summed E-state index contributed by atoms with van der Waals surface area (Å²) >= 11 is 0. The van der Waals surface area contributed by atoms with Crippen LogP contribution in [-0.4, -0.2) is 42.8 Å². The topological polar surface area (TPSA) is 69.7 Å². The minimum Gasteiger partial charge on any atom is -0.342 e. The lowest BCUT2D eigenvalue weighted by atomic mass is 10.0. The van der Waals surface area contributed by atoms with Crippen molar-refractivity contribution < 1.29 is 14.4 Å². The average Bonchev–Trinajstić information content (AvgIpc) is 3.33. The van der Waals surface area contributed by atoms with Gasteiger partial charge in [-0.2, -0.15) is 0 Å². The molecule has 1 aromatic rings. The van der Waals surface area contributed by atoms with Crippen LogP contribution in [-0.2, 0) is 20.8 Å². The molecule has 0 spiro atoms. The number of amides is 3. The highest BCUT2D eigenvalue weighted by molar-refractivity contribution is 5.99. The molecule has 2 aliphatic heterocycles. The summed E-state index contributed by atoms with van der Waals surface area (Å²) in [5, 5.41) is 2.95. The Morgan fingerprint density at radius 1 is 1.20 bits per heavy atom. The van der Waals surface area contributed by atoms with E-state index in [1.807, 2.05) is 23.1 Å². The molecule has 0 bridgehead atoms. The molecule has 3 aliphatic rings. The maximum absolute atomic E-state index is 12.5. The van der Waals surface area contributed by atoms with Crippen LogP contribution in [0, 0.1) is 11.8 Å². The van der Waals surface area contributed by atoms with Gasteiger partial charge in [-0.15, -0.1) is 0 Å². The average molecular weight is 341 g/mol. The summed E-state index contributed by atoms with van der Waals surface area (Å²) in [5.41, 5.74) is 2.71. The molecule has 1 aromatic carbocycles. The molecule has 132 valence electrons. The van der Waals surface area contributed by atoms with Gasteiger partial charge < -0.3 is 15.1 Å². The standard InChI is InChI=1S/C19H23N3O3/c1-21-16-6-5-15(8-13(16)4-7-17(21)23)20-19(25)14-9-18(24)22(11-14)10-12-2-3-12/h5-6,8,12,14H,2-4,7,9-11H2,1H3,(H,20,25)/t14-/m0/s1. The van der Waals surface area contributed by atoms with Crippen LogP contribution in [0.25, 0.3) is 0 Å². The Morgan fingerprint density at radius 3 is 2.76 bits per heavy atom. The monoisotopic (exact) mass is 341 g/mol. The molecule has 3 amide bonds. The summed E-state index contributed by atoms with van der Waals surface area (Å²) in [7, 11) is 1.77. The van der Waals surface area contributed by atoms with Gasteiger partial charge in [0, 0.05) is 44.4 Å². The number of nitrogens with zero attached hydrogens (tertiary/aromatic N) is 2. The zero-order valence-corrected chi connectivity index (χ0v) is 14.5. The Balaban J connectivity index is 1.41. The van der Waals surface area contributed by atoms with Gasteiger partial charge >= 0.3 is 0 Å². The lowest BCUT2D eigenvalue weighted by molar-refractivity contribution is -0.128. The molecule has 0 radical (unpaired) electrons. The summed E-state index contributed by atoms with van der Waals surface area (Å²) in [6.07, 6.45) is 3.90. The van der Waals surface area contributed by atoms with E-state index in [1.165, 1.54) is 12.8 Å². The maximum atomic E-state index is 12.5. The van der Waals surface area contributed by atoms with Crippen LogP contribution in [0.2, 0.25) is 0 Å². The number of carbonyl (C=O) groups is 3. The minimum absolute atomic E-state index is 0.0909. The van der Waals surface area contributed by atoms with Gasteiger partial charge in [0.2, 0.25) is 17.7 Å².